The van der Waals surface area contributed by atoms with E-state index in [9.17, 15) is 32.3 Å². The molecular formula is C29H30F4N4O7. The average Bonchev–Trinajstić information content (AvgIpc) is 3.10. The maximum Gasteiger partial charge on any atom is 0.490 e. The van der Waals surface area contributed by atoms with E-state index in [0.717, 1.165) is 36.6 Å². The van der Waals surface area contributed by atoms with Crippen LogP contribution in [0.25, 0.3) is 0 Å². The smallest absolute Gasteiger partial charge is 0.490 e. The molecule has 5 rings (SSSR count). The van der Waals surface area contributed by atoms with Gasteiger partial charge in [-0.3, -0.25) is 29.4 Å². The maximum atomic E-state index is 15.2. The Kier molecular flexibility index (Phi) is 9.87. The molecule has 1 unspecified atom stereocenters. The van der Waals surface area contributed by atoms with Crippen LogP contribution in [0.4, 0.5) is 23.2 Å². The van der Waals surface area contributed by atoms with Gasteiger partial charge in [-0.25, -0.2) is 9.18 Å². The second-order valence-electron chi connectivity index (χ2n) is 10.3. The van der Waals surface area contributed by atoms with E-state index in [0.29, 0.717) is 19.6 Å². The topological polar surface area (TPSA) is 137 Å². The highest BCUT2D eigenvalue weighted by molar-refractivity contribution is 6.25. The molecule has 0 spiro atoms. The van der Waals surface area contributed by atoms with E-state index in [4.69, 9.17) is 14.6 Å². The van der Waals surface area contributed by atoms with Crippen molar-refractivity contribution in [2.75, 3.05) is 44.7 Å². The van der Waals surface area contributed by atoms with Crippen molar-refractivity contribution in [1.82, 2.24) is 15.1 Å². The minimum atomic E-state index is -5.08. The number of nitrogens with zero attached hydrogens (tertiary/aromatic N) is 3. The van der Waals surface area contributed by atoms with Gasteiger partial charge in [-0.2, -0.15) is 13.2 Å². The molecule has 2 aromatic rings. The van der Waals surface area contributed by atoms with Gasteiger partial charge in [0.1, 0.15) is 17.6 Å². The minimum absolute atomic E-state index is 0.00128. The number of hydrogen-bond donors (Lipinski definition) is 2. The lowest BCUT2D eigenvalue weighted by Gasteiger charge is -2.28. The largest absolute Gasteiger partial charge is 0.497 e. The normalized spacial score (nSPS) is 19.2. The standard InChI is InChI=1S/C27H29FN4O5.C2HF3O2/c1-37-18-5-3-17(4-6-18)11-14-30-12-2-13-31(16-15-30)24-20(28)8-7-19-23(24)27(36)32(26(19)35)21-9-10-22(33)29-25(21)34;3-2(4,5)1(6)7/h3-8,21H,2,9-16H2,1H3,(H,29,33,34);(H,6,7). The SMILES string of the molecule is COc1ccc(CCN2CCCN(c3c(F)ccc4c3C(=O)N(C3CCC(=O)NC3=O)C4=O)CC2)cc1.O=C(O)C(F)(F)F. The molecule has 2 aromatic carbocycles. The number of imide groups is 2. The minimum Gasteiger partial charge on any atom is -0.497 e. The average molecular weight is 623 g/mol. The van der Waals surface area contributed by atoms with Crippen LogP contribution in [0.1, 0.15) is 45.5 Å². The Morgan fingerprint density at radius 3 is 2.30 bits per heavy atom. The Bertz CT molecular complexity index is 1450. The molecule has 3 aliphatic rings. The second-order valence-corrected chi connectivity index (χ2v) is 10.3. The summed E-state index contributed by atoms with van der Waals surface area (Å²) in [5.74, 6) is -4.96. The molecule has 15 heteroatoms. The first kappa shape index (κ1) is 32.4. The number of anilines is 1. The summed E-state index contributed by atoms with van der Waals surface area (Å²) >= 11 is 0. The highest BCUT2D eigenvalue weighted by atomic mass is 19.4. The first-order valence-corrected chi connectivity index (χ1v) is 13.8. The number of carboxylic acids is 1. The Morgan fingerprint density at radius 1 is 1.00 bits per heavy atom. The fourth-order valence-electron chi connectivity index (χ4n) is 5.32. The van der Waals surface area contributed by atoms with Crippen LogP contribution < -0.4 is 15.0 Å². The molecular weight excluding hydrogens is 592 g/mol. The van der Waals surface area contributed by atoms with Gasteiger partial charge in [-0.1, -0.05) is 12.1 Å². The summed E-state index contributed by atoms with van der Waals surface area (Å²) in [5, 5.41) is 9.31. The molecule has 0 saturated carbocycles. The van der Waals surface area contributed by atoms with Gasteiger partial charge >= 0.3 is 12.1 Å². The Balaban J connectivity index is 0.000000566. The number of alkyl halides is 3. The molecule has 0 aromatic heterocycles. The fraction of sp³-hybridized carbons (Fsp3) is 0.414. The van der Waals surface area contributed by atoms with E-state index in [2.05, 4.69) is 10.2 Å². The third kappa shape index (κ3) is 7.15. The van der Waals surface area contributed by atoms with E-state index < -0.39 is 47.6 Å². The van der Waals surface area contributed by atoms with Crippen LogP contribution in [0.2, 0.25) is 0 Å². The lowest BCUT2D eigenvalue weighted by molar-refractivity contribution is -0.192. The summed E-state index contributed by atoms with van der Waals surface area (Å²) in [7, 11) is 1.64. The zero-order valence-electron chi connectivity index (χ0n) is 23.7. The number of hydrogen-bond acceptors (Lipinski definition) is 8. The monoisotopic (exact) mass is 622 g/mol. The van der Waals surface area contributed by atoms with E-state index in [1.165, 1.54) is 17.7 Å². The number of ether oxygens (including phenoxy) is 1. The number of amides is 4. The molecule has 2 saturated heterocycles. The molecule has 0 bridgehead atoms. The molecule has 3 aliphatic heterocycles. The van der Waals surface area contributed by atoms with E-state index in [-0.39, 0.29) is 29.7 Å². The predicted octanol–water partition coefficient (Wildman–Crippen LogP) is 2.62. The van der Waals surface area contributed by atoms with Crippen LogP contribution in [-0.4, -0.2) is 96.6 Å². The van der Waals surface area contributed by atoms with Crippen molar-refractivity contribution >= 4 is 35.3 Å². The Labute approximate surface area is 249 Å². The Morgan fingerprint density at radius 2 is 1.68 bits per heavy atom. The zero-order valence-corrected chi connectivity index (χ0v) is 23.7. The zero-order chi connectivity index (χ0) is 32.2. The van der Waals surface area contributed by atoms with Crippen LogP contribution in [0.15, 0.2) is 36.4 Å². The summed E-state index contributed by atoms with van der Waals surface area (Å²) in [6.45, 7) is 3.38. The molecule has 44 heavy (non-hydrogen) atoms. The van der Waals surface area contributed by atoms with Gasteiger partial charge in [0.15, 0.2) is 0 Å². The van der Waals surface area contributed by atoms with Crippen LogP contribution in [-0.2, 0) is 20.8 Å². The van der Waals surface area contributed by atoms with Crippen LogP contribution >= 0.6 is 0 Å². The number of benzene rings is 2. The maximum absolute atomic E-state index is 15.2. The predicted molar refractivity (Wildman–Crippen MR) is 147 cm³/mol. The second kappa shape index (κ2) is 13.4. The summed E-state index contributed by atoms with van der Waals surface area (Å²) in [5.41, 5.74) is 1.40. The van der Waals surface area contributed by atoms with E-state index >= 15 is 4.39 Å². The third-order valence-electron chi connectivity index (χ3n) is 7.56. The van der Waals surface area contributed by atoms with Crippen molar-refractivity contribution in [3.8, 4) is 5.75 Å². The summed E-state index contributed by atoms with van der Waals surface area (Å²) in [4.78, 5) is 64.4. The van der Waals surface area contributed by atoms with Crippen LogP contribution in [0, 0.1) is 5.82 Å². The van der Waals surface area contributed by atoms with Crippen molar-refractivity contribution in [1.29, 1.82) is 0 Å². The van der Waals surface area contributed by atoms with Crippen molar-refractivity contribution in [3.05, 3.63) is 58.9 Å². The number of fused-ring (bicyclic) bond motifs is 1. The molecule has 236 valence electrons. The van der Waals surface area contributed by atoms with Gasteiger partial charge in [-0.05, 0) is 55.6 Å². The number of carbonyl (C=O) groups excluding carboxylic acids is 4. The van der Waals surface area contributed by atoms with Crippen molar-refractivity contribution in [2.24, 2.45) is 0 Å². The van der Waals surface area contributed by atoms with Gasteiger partial charge in [0.05, 0.1) is 23.9 Å². The van der Waals surface area contributed by atoms with Gasteiger partial charge in [0.25, 0.3) is 11.8 Å². The summed E-state index contributed by atoms with van der Waals surface area (Å²) in [6, 6.07) is 9.39. The molecule has 2 fully saturated rings. The number of aliphatic carboxylic acids is 1. The third-order valence-corrected chi connectivity index (χ3v) is 7.56. The van der Waals surface area contributed by atoms with E-state index in [1.807, 2.05) is 29.2 Å². The number of rotatable bonds is 6. The molecule has 11 nitrogen and oxygen atoms in total. The van der Waals surface area contributed by atoms with Crippen LogP contribution in [0.5, 0.6) is 5.75 Å². The highest BCUT2D eigenvalue weighted by Gasteiger charge is 2.47. The molecule has 2 N–H and O–H groups in total. The number of carbonyl (C=O) groups is 5. The van der Waals surface area contributed by atoms with Crippen molar-refractivity contribution in [2.45, 2.75) is 37.9 Å². The van der Waals surface area contributed by atoms with Crippen molar-refractivity contribution < 1.29 is 51.4 Å². The fourth-order valence-corrected chi connectivity index (χ4v) is 5.32. The quantitative estimate of drug-likeness (QED) is 0.368. The van der Waals surface area contributed by atoms with Gasteiger partial charge in [-0.15, -0.1) is 0 Å². The number of methoxy groups -OCH3 is 1. The van der Waals surface area contributed by atoms with Gasteiger partial charge in [0.2, 0.25) is 11.8 Å². The Hall–Kier alpha value is -4.53. The summed E-state index contributed by atoms with van der Waals surface area (Å²) in [6.07, 6.45) is -3.36. The van der Waals surface area contributed by atoms with E-state index in [1.54, 1.807) is 7.11 Å². The molecule has 0 aliphatic carbocycles. The molecule has 4 amide bonds. The number of carboxylic acid groups (broad SMARTS) is 1. The number of halogens is 4. The number of nitrogens with one attached hydrogen (secondary N) is 1. The first-order valence-electron chi connectivity index (χ1n) is 13.8. The lowest BCUT2D eigenvalue weighted by atomic mass is 10.0. The summed E-state index contributed by atoms with van der Waals surface area (Å²) < 4.78 is 52.2. The molecule has 3 heterocycles. The highest BCUT2D eigenvalue weighted by Crippen LogP contribution is 2.36. The van der Waals surface area contributed by atoms with Gasteiger partial charge in [0, 0.05) is 32.6 Å². The van der Waals surface area contributed by atoms with Crippen LogP contribution in [0.3, 0.4) is 0 Å². The number of piperidine rings is 1. The molecule has 1 atom stereocenters. The lowest BCUT2D eigenvalue weighted by Crippen LogP contribution is -2.54. The van der Waals surface area contributed by atoms with Crippen molar-refractivity contribution in [3.63, 3.8) is 0 Å². The van der Waals surface area contributed by atoms with Gasteiger partial charge < -0.3 is 19.6 Å². The first-order chi connectivity index (χ1) is 20.8. The molecule has 0 radical (unpaired) electrons.